The molecule has 0 unspecified atom stereocenters. The van der Waals surface area contributed by atoms with Crippen molar-refractivity contribution < 1.29 is 14.1 Å². The zero-order chi connectivity index (χ0) is 22.9. The normalized spacial score (nSPS) is 11.1. The first-order chi connectivity index (χ1) is 16.0. The molecule has 0 fully saturated rings. The second-order valence-electron chi connectivity index (χ2n) is 7.17. The van der Waals surface area contributed by atoms with Crippen LogP contribution in [0.2, 0.25) is 10.0 Å². The van der Waals surface area contributed by atoms with Gasteiger partial charge in [-0.1, -0.05) is 34.4 Å². The van der Waals surface area contributed by atoms with Crippen molar-refractivity contribution in [3.05, 3.63) is 88.1 Å². The van der Waals surface area contributed by atoms with Crippen molar-refractivity contribution in [1.29, 1.82) is 0 Å². The molecule has 33 heavy (non-hydrogen) atoms. The average Bonchev–Trinajstić information content (AvgIpc) is 3.46. The number of methoxy groups -OCH3 is 1. The number of fused-ring (bicyclic) bond motifs is 1. The van der Waals surface area contributed by atoms with Gasteiger partial charge in [0.25, 0.3) is 11.7 Å². The number of carbonyl (C=O) groups excluding carboxylic acids is 1. The molecule has 0 aliphatic carbocycles. The predicted octanol–water partition coefficient (Wildman–Crippen LogP) is 5.08. The van der Waals surface area contributed by atoms with Crippen molar-refractivity contribution >= 4 is 39.9 Å². The van der Waals surface area contributed by atoms with Gasteiger partial charge in [0.05, 0.1) is 25.1 Å². The highest BCUT2D eigenvalue weighted by Crippen LogP contribution is 2.30. The van der Waals surface area contributed by atoms with E-state index in [-0.39, 0.29) is 11.7 Å². The standard InChI is InChI=1S/C23H15Cl2N5O3/c1-32-16-4-5-20-17(9-16)18(12-30(20)11-14-2-3-15(24)8-19(14)25)21(31)23-28-22(29-33-23)13-6-7-26-27-10-13/h2-10,12H,11H2,1H3. The van der Waals surface area contributed by atoms with E-state index >= 15 is 0 Å². The number of ether oxygens (including phenoxy) is 1. The molecular weight excluding hydrogens is 465 g/mol. The first-order valence-corrected chi connectivity index (χ1v) is 10.6. The predicted molar refractivity (Wildman–Crippen MR) is 123 cm³/mol. The summed E-state index contributed by atoms with van der Waals surface area (Å²) >= 11 is 12.4. The lowest BCUT2D eigenvalue weighted by Gasteiger charge is -2.08. The molecular formula is C23H15Cl2N5O3. The Morgan fingerprint density at radius 3 is 2.76 bits per heavy atom. The molecule has 0 aliphatic rings. The van der Waals surface area contributed by atoms with E-state index in [1.54, 1.807) is 37.6 Å². The van der Waals surface area contributed by atoms with Crippen LogP contribution in [0.4, 0.5) is 0 Å². The van der Waals surface area contributed by atoms with Gasteiger partial charge in [-0.25, -0.2) is 0 Å². The highest BCUT2D eigenvalue weighted by molar-refractivity contribution is 6.35. The fraction of sp³-hybridized carbons (Fsp3) is 0.0870. The molecule has 0 saturated carbocycles. The van der Waals surface area contributed by atoms with Crippen LogP contribution in [0.15, 0.2) is 65.6 Å². The SMILES string of the molecule is COc1ccc2c(c1)c(C(=O)c1nc(-c3ccnnc3)no1)cn2Cc1ccc(Cl)cc1Cl. The number of halogens is 2. The maximum Gasteiger partial charge on any atom is 0.299 e. The Morgan fingerprint density at radius 1 is 1.12 bits per heavy atom. The summed E-state index contributed by atoms with van der Waals surface area (Å²) in [5.74, 6) is 0.332. The Bertz CT molecular complexity index is 1480. The Morgan fingerprint density at radius 2 is 2.00 bits per heavy atom. The monoisotopic (exact) mass is 479 g/mol. The Kier molecular flexibility index (Phi) is 5.53. The van der Waals surface area contributed by atoms with Crippen LogP contribution in [0, 0.1) is 0 Å². The smallest absolute Gasteiger partial charge is 0.299 e. The molecule has 0 atom stereocenters. The molecule has 3 heterocycles. The molecule has 0 N–H and O–H groups in total. The molecule has 5 aromatic rings. The molecule has 10 heteroatoms. The lowest BCUT2D eigenvalue weighted by molar-refractivity contribution is 0.0995. The molecule has 8 nitrogen and oxygen atoms in total. The van der Waals surface area contributed by atoms with Gasteiger partial charge in [-0.2, -0.15) is 15.2 Å². The van der Waals surface area contributed by atoms with Crippen molar-refractivity contribution in [2.45, 2.75) is 6.54 Å². The van der Waals surface area contributed by atoms with Crippen molar-refractivity contribution in [3.63, 3.8) is 0 Å². The molecule has 0 amide bonds. The summed E-state index contributed by atoms with van der Waals surface area (Å²) in [5, 5.41) is 13.2. The van der Waals surface area contributed by atoms with E-state index in [1.165, 1.54) is 12.4 Å². The summed E-state index contributed by atoms with van der Waals surface area (Å²) in [6.07, 6.45) is 4.75. The van der Waals surface area contributed by atoms with Crippen LogP contribution in [-0.2, 0) is 6.54 Å². The van der Waals surface area contributed by atoms with Gasteiger partial charge in [0.2, 0.25) is 5.82 Å². The number of hydrogen-bond acceptors (Lipinski definition) is 7. The van der Waals surface area contributed by atoms with Gasteiger partial charge in [-0.05, 0) is 42.0 Å². The second kappa shape index (κ2) is 8.65. The van der Waals surface area contributed by atoms with Crippen LogP contribution in [0.5, 0.6) is 5.75 Å². The number of aromatic nitrogens is 5. The minimum atomic E-state index is -0.407. The van der Waals surface area contributed by atoms with E-state index in [2.05, 4.69) is 20.3 Å². The zero-order valence-electron chi connectivity index (χ0n) is 17.2. The molecule has 2 aromatic carbocycles. The molecule has 0 bridgehead atoms. The molecule has 164 valence electrons. The minimum absolute atomic E-state index is 0.131. The van der Waals surface area contributed by atoms with Gasteiger partial charge < -0.3 is 13.8 Å². The summed E-state index contributed by atoms with van der Waals surface area (Å²) in [5.41, 5.74) is 2.67. The number of nitrogens with zero attached hydrogens (tertiary/aromatic N) is 5. The van der Waals surface area contributed by atoms with Crippen LogP contribution < -0.4 is 4.74 Å². The van der Waals surface area contributed by atoms with E-state index in [9.17, 15) is 4.79 Å². The summed E-state index contributed by atoms with van der Waals surface area (Å²) in [7, 11) is 1.57. The van der Waals surface area contributed by atoms with E-state index in [1.807, 2.05) is 22.8 Å². The number of benzene rings is 2. The van der Waals surface area contributed by atoms with Crippen LogP contribution in [0.1, 0.15) is 21.8 Å². The highest BCUT2D eigenvalue weighted by atomic mass is 35.5. The maximum atomic E-state index is 13.4. The number of hydrogen-bond donors (Lipinski definition) is 0. The van der Waals surface area contributed by atoms with Gasteiger partial charge in [0.15, 0.2) is 0 Å². The van der Waals surface area contributed by atoms with E-state index in [0.29, 0.717) is 38.9 Å². The quantitative estimate of drug-likeness (QED) is 0.313. The van der Waals surface area contributed by atoms with Crippen molar-refractivity contribution in [1.82, 2.24) is 24.9 Å². The summed E-state index contributed by atoms with van der Waals surface area (Å²) < 4.78 is 12.6. The first kappa shape index (κ1) is 21.1. The van der Waals surface area contributed by atoms with Gasteiger partial charge >= 0.3 is 0 Å². The number of ketones is 1. The molecule has 0 radical (unpaired) electrons. The molecule has 0 saturated heterocycles. The van der Waals surface area contributed by atoms with E-state index < -0.39 is 5.78 Å². The molecule has 3 aromatic heterocycles. The van der Waals surface area contributed by atoms with Crippen LogP contribution in [0.25, 0.3) is 22.3 Å². The fourth-order valence-electron chi connectivity index (χ4n) is 3.52. The lowest BCUT2D eigenvalue weighted by atomic mass is 10.1. The fourth-order valence-corrected chi connectivity index (χ4v) is 3.99. The summed E-state index contributed by atoms with van der Waals surface area (Å²) in [6.45, 7) is 0.434. The first-order valence-electron chi connectivity index (χ1n) is 9.80. The van der Waals surface area contributed by atoms with E-state index in [4.69, 9.17) is 32.5 Å². The molecule has 5 rings (SSSR count). The third kappa shape index (κ3) is 4.06. The van der Waals surface area contributed by atoms with Crippen LogP contribution in [-0.4, -0.2) is 37.8 Å². The minimum Gasteiger partial charge on any atom is -0.497 e. The lowest BCUT2D eigenvalue weighted by Crippen LogP contribution is -2.02. The zero-order valence-corrected chi connectivity index (χ0v) is 18.7. The number of rotatable bonds is 6. The van der Waals surface area contributed by atoms with Crippen molar-refractivity contribution in [2.24, 2.45) is 0 Å². The third-order valence-corrected chi connectivity index (χ3v) is 5.74. The number of carbonyl (C=O) groups is 1. The van der Waals surface area contributed by atoms with E-state index in [0.717, 1.165) is 11.1 Å². The van der Waals surface area contributed by atoms with Gasteiger partial charge in [0, 0.05) is 39.3 Å². The maximum absolute atomic E-state index is 13.4. The van der Waals surface area contributed by atoms with Crippen LogP contribution >= 0.6 is 23.2 Å². The molecule has 0 aliphatic heterocycles. The topological polar surface area (TPSA) is 95.9 Å². The summed E-state index contributed by atoms with van der Waals surface area (Å²) in [4.78, 5) is 17.6. The van der Waals surface area contributed by atoms with Gasteiger partial charge in [-0.3, -0.25) is 4.79 Å². The summed E-state index contributed by atoms with van der Waals surface area (Å²) in [6, 6.07) is 12.5. The Balaban J connectivity index is 1.57. The Hall–Kier alpha value is -3.75. The van der Waals surface area contributed by atoms with Gasteiger partial charge in [-0.15, -0.1) is 0 Å². The van der Waals surface area contributed by atoms with Gasteiger partial charge in [0.1, 0.15) is 5.75 Å². The Labute approximate surface area is 197 Å². The largest absolute Gasteiger partial charge is 0.497 e. The second-order valence-corrected chi connectivity index (χ2v) is 8.02. The van der Waals surface area contributed by atoms with Crippen molar-refractivity contribution in [3.8, 4) is 17.1 Å². The third-order valence-electron chi connectivity index (χ3n) is 5.15. The van der Waals surface area contributed by atoms with Crippen molar-refractivity contribution in [2.75, 3.05) is 7.11 Å². The average molecular weight is 480 g/mol. The van der Waals surface area contributed by atoms with Crippen LogP contribution in [0.3, 0.4) is 0 Å². The molecule has 0 spiro atoms. The highest BCUT2D eigenvalue weighted by Gasteiger charge is 2.23.